The van der Waals surface area contributed by atoms with Gasteiger partial charge in [0.05, 0.1) is 6.42 Å². The van der Waals surface area contributed by atoms with E-state index in [2.05, 4.69) is 0 Å². The molecule has 0 spiro atoms. The summed E-state index contributed by atoms with van der Waals surface area (Å²) < 4.78 is 26.3. The van der Waals surface area contributed by atoms with Crippen LogP contribution >= 0.6 is 0 Å². The Kier molecular flexibility index (Phi) is 4.79. The number of carbonyl (C=O) groups is 3. The zero-order valence-electron chi connectivity index (χ0n) is 10.1. The number of carboxylic acid groups (broad SMARTS) is 2. The second-order valence-electron chi connectivity index (χ2n) is 4.65. The van der Waals surface area contributed by atoms with E-state index in [1.54, 1.807) is 0 Å². The van der Waals surface area contributed by atoms with Crippen LogP contribution in [-0.4, -0.2) is 40.0 Å². The lowest BCUT2D eigenvalue weighted by atomic mass is 9.86. The van der Waals surface area contributed by atoms with Crippen molar-refractivity contribution in [1.29, 1.82) is 0 Å². The minimum absolute atomic E-state index is 0.182. The normalized spacial score (nSPS) is 23.4. The largest absolute Gasteiger partial charge is 0.481 e. The average molecular weight is 279 g/mol. The Labute approximate surface area is 107 Å². The van der Waals surface area contributed by atoms with Crippen LogP contribution in [0.3, 0.4) is 0 Å². The lowest BCUT2D eigenvalue weighted by Crippen LogP contribution is -2.46. The standard InChI is InChI=1S/C11H15F2NO5/c12-11(13)3-1-2-6(5-11)9(17)14-7(10(18)19)4-8(15)16/h6-7H,1-5H2,(H,14,17)(H,15,16)(H,18,19). The van der Waals surface area contributed by atoms with Crippen LogP contribution in [0.25, 0.3) is 0 Å². The molecule has 6 nitrogen and oxygen atoms in total. The summed E-state index contributed by atoms with van der Waals surface area (Å²) in [5.41, 5.74) is 0. The molecule has 0 heterocycles. The van der Waals surface area contributed by atoms with E-state index in [1.165, 1.54) is 0 Å². The van der Waals surface area contributed by atoms with E-state index in [9.17, 15) is 23.2 Å². The van der Waals surface area contributed by atoms with Gasteiger partial charge in [0.1, 0.15) is 6.04 Å². The van der Waals surface area contributed by atoms with Crippen molar-refractivity contribution in [3.05, 3.63) is 0 Å². The molecule has 0 bridgehead atoms. The van der Waals surface area contributed by atoms with E-state index in [4.69, 9.17) is 10.2 Å². The fraction of sp³-hybridized carbons (Fsp3) is 0.727. The number of halogens is 2. The van der Waals surface area contributed by atoms with Crippen molar-refractivity contribution < 1.29 is 33.4 Å². The van der Waals surface area contributed by atoms with Gasteiger partial charge in [-0.2, -0.15) is 0 Å². The maximum atomic E-state index is 13.1. The van der Waals surface area contributed by atoms with Gasteiger partial charge in [0.2, 0.25) is 11.8 Å². The van der Waals surface area contributed by atoms with Crippen molar-refractivity contribution in [2.45, 2.75) is 44.1 Å². The van der Waals surface area contributed by atoms with Crippen LogP contribution in [0.15, 0.2) is 0 Å². The molecule has 19 heavy (non-hydrogen) atoms. The number of hydrogen-bond acceptors (Lipinski definition) is 3. The van der Waals surface area contributed by atoms with Crippen molar-refractivity contribution in [2.24, 2.45) is 5.92 Å². The highest BCUT2D eigenvalue weighted by Gasteiger charge is 2.40. The fourth-order valence-electron chi connectivity index (χ4n) is 2.06. The quantitative estimate of drug-likeness (QED) is 0.692. The number of hydrogen-bond donors (Lipinski definition) is 3. The molecule has 0 aromatic heterocycles. The zero-order valence-corrected chi connectivity index (χ0v) is 10.1. The lowest BCUT2D eigenvalue weighted by molar-refractivity contribution is -0.148. The van der Waals surface area contributed by atoms with Gasteiger partial charge in [-0.3, -0.25) is 9.59 Å². The molecule has 1 amide bonds. The first kappa shape index (κ1) is 15.3. The van der Waals surface area contributed by atoms with Crippen LogP contribution in [0.4, 0.5) is 8.78 Å². The summed E-state index contributed by atoms with van der Waals surface area (Å²) in [5.74, 6) is -7.61. The Balaban J connectivity index is 2.61. The Morgan fingerprint density at radius 3 is 2.42 bits per heavy atom. The molecule has 2 atom stereocenters. The van der Waals surface area contributed by atoms with Crippen molar-refractivity contribution in [3.63, 3.8) is 0 Å². The summed E-state index contributed by atoms with van der Waals surface area (Å²) >= 11 is 0. The first-order valence-corrected chi connectivity index (χ1v) is 5.84. The van der Waals surface area contributed by atoms with Gasteiger partial charge in [0, 0.05) is 18.8 Å². The van der Waals surface area contributed by atoms with Gasteiger partial charge in [-0.25, -0.2) is 13.6 Å². The number of carboxylic acids is 2. The summed E-state index contributed by atoms with van der Waals surface area (Å²) in [6, 6.07) is -1.60. The summed E-state index contributed by atoms with van der Waals surface area (Å²) in [6.45, 7) is 0. The molecule has 1 saturated carbocycles. The molecule has 1 aliphatic rings. The molecule has 0 aliphatic heterocycles. The first-order chi connectivity index (χ1) is 8.71. The van der Waals surface area contributed by atoms with Crippen LogP contribution in [0.5, 0.6) is 0 Å². The number of nitrogens with one attached hydrogen (secondary N) is 1. The monoisotopic (exact) mass is 279 g/mol. The van der Waals surface area contributed by atoms with Crippen molar-refractivity contribution in [2.75, 3.05) is 0 Å². The van der Waals surface area contributed by atoms with Crippen molar-refractivity contribution in [3.8, 4) is 0 Å². The number of carbonyl (C=O) groups excluding carboxylic acids is 1. The average Bonchev–Trinajstić information content (AvgIpc) is 2.25. The molecule has 0 radical (unpaired) electrons. The summed E-state index contributed by atoms with van der Waals surface area (Å²) in [7, 11) is 0. The number of amides is 1. The molecule has 3 N–H and O–H groups in total. The number of rotatable bonds is 5. The Hall–Kier alpha value is -1.73. The predicted octanol–water partition coefficient (Wildman–Crippen LogP) is 0.856. The van der Waals surface area contributed by atoms with Gasteiger partial charge in [-0.1, -0.05) is 0 Å². The SMILES string of the molecule is O=C(O)CC(NC(=O)C1CCCC(F)(F)C1)C(=O)O. The number of alkyl halides is 2. The third-order valence-electron chi connectivity index (χ3n) is 3.00. The van der Waals surface area contributed by atoms with Gasteiger partial charge in [0.15, 0.2) is 0 Å². The zero-order chi connectivity index (χ0) is 14.6. The third kappa shape index (κ3) is 4.80. The number of aliphatic carboxylic acids is 2. The molecule has 1 rings (SSSR count). The van der Waals surface area contributed by atoms with Crippen molar-refractivity contribution >= 4 is 17.8 Å². The molecule has 1 fully saturated rings. The van der Waals surface area contributed by atoms with E-state index in [1.807, 2.05) is 5.32 Å². The molecular formula is C11H15F2NO5. The predicted molar refractivity (Wildman–Crippen MR) is 58.7 cm³/mol. The molecule has 1 aliphatic carbocycles. The second-order valence-corrected chi connectivity index (χ2v) is 4.65. The van der Waals surface area contributed by atoms with Crippen LogP contribution in [-0.2, 0) is 14.4 Å². The smallest absolute Gasteiger partial charge is 0.326 e. The highest BCUT2D eigenvalue weighted by atomic mass is 19.3. The van der Waals surface area contributed by atoms with Crippen LogP contribution in [0.2, 0.25) is 0 Å². The summed E-state index contributed by atoms with van der Waals surface area (Å²) in [5, 5.41) is 19.3. The Bertz CT molecular complexity index is 385. The van der Waals surface area contributed by atoms with E-state index < -0.39 is 48.6 Å². The molecule has 0 aromatic carbocycles. The van der Waals surface area contributed by atoms with Gasteiger partial charge >= 0.3 is 11.9 Å². The van der Waals surface area contributed by atoms with Gasteiger partial charge < -0.3 is 15.5 Å². The minimum atomic E-state index is -2.92. The second kappa shape index (κ2) is 5.94. The molecule has 0 aromatic rings. The van der Waals surface area contributed by atoms with Crippen LogP contribution < -0.4 is 5.32 Å². The van der Waals surface area contributed by atoms with E-state index in [-0.39, 0.29) is 19.3 Å². The molecule has 0 saturated heterocycles. The Morgan fingerprint density at radius 2 is 1.95 bits per heavy atom. The highest BCUT2D eigenvalue weighted by molar-refractivity contribution is 5.87. The molecule has 108 valence electrons. The van der Waals surface area contributed by atoms with E-state index >= 15 is 0 Å². The van der Waals surface area contributed by atoms with Gasteiger partial charge in [-0.05, 0) is 12.8 Å². The van der Waals surface area contributed by atoms with Gasteiger partial charge in [0.25, 0.3) is 0 Å². The first-order valence-electron chi connectivity index (χ1n) is 5.84. The summed E-state index contributed by atoms with van der Waals surface area (Å²) in [4.78, 5) is 32.9. The highest BCUT2D eigenvalue weighted by Crippen LogP contribution is 2.36. The van der Waals surface area contributed by atoms with Crippen molar-refractivity contribution in [1.82, 2.24) is 5.32 Å². The molecular weight excluding hydrogens is 264 g/mol. The topological polar surface area (TPSA) is 104 Å². The molecule has 2 unspecified atom stereocenters. The third-order valence-corrected chi connectivity index (χ3v) is 3.00. The van der Waals surface area contributed by atoms with Gasteiger partial charge in [-0.15, -0.1) is 0 Å². The maximum Gasteiger partial charge on any atom is 0.326 e. The Morgan fingerprint density at radius 1 is 1.32 bits per heavy atom. The molecule has 8 heteroatoms. The summed E-state index contributed by atoms with van der Waals surface area (Å²) in [6.07, 6.45) is -1.26. The van der Waals surface area contributed by atoms with E-state index in [0.717, 1.165) is 0 Å². The maximum absolute atomic E-state index is 13.1. The van der Waals surface area contributed by atoms with E-state index in [0.29, 0.717) is 0 Å². The fourth-order valence-corrected chi connectivity index (χ4v) is 2.06. The minimum Gasteiger partial charge on any atom is -0.481 e. The van der Waals surface area contributed by atoms with Crippen LogP contribution in [0, 0.1) is 5.92 Å². The van der Waals surface area contributed by atoms with Crippen LogP contribution in [0.1, 0.15) is 32.1 Å². The lowest BCUT2D eigenvalue weighted by Gasteiger charge is -2.28.